The van der Waals surface area contributed by atoms with Crippen molar-refractivity contribution < 1.29 is 67.3 Å². The topological polar surface area (TPSA) is 365 Å². The molecule has 678 valence electrons. The van der Waals surface area contributed by atoms with Crippen molar-refractivity contribution in [2.75, 3.05) is 72.7 Å². The number of nitrogens with zero attached hydrogens (tertiary/aromatic N) is 5. The first kappa shape index (κ1) is 130. The van der Waals surface area contributed by atoms with Gasteiger partial charge < -0.3 is 96.2 Å². The molecule has 1 aliphatic heterocycles. The lowest BCUT2D eigenvalue weighted by molar-refractivity contribution is 0.00991. The van der Waals surface area contributed by atoms with Gasteiger partial charge in [-0.05, 0) is 190 Å². The molecule has 26 heteroatoms. The van der Waals surface area contributed by atoms with Gasteiger partial charge in [0.2, 0.25) is 0 Å². The molecule has 0 aromatic carbocycles. The summed E-state index contributed by atoms with van der Waals surface area (Å²) >= 11 is 0. The van der Waals surface area contributed by atoms with Gasteiger partial charge in [-0.15, -0.1) is 0 Å². The molecule has 3 rings (SSSR count). The molecule has 7 atom stereocenters. The lowest BCUT2D eigenvalue weighted by atomic mass is 10.0. The van der Waals surface area contributed by atoms with Crippen LogP contribution in [0.4, 0.5) is 35.6 Å². The van der Waals surface area contributed by atoms with Crippen molar-refractivity contribution in [3.05, 3.63) is 46.9 Å². The van der Waals surface area contributed by atoms with Crippen LogP contribution in [0, 0.1) is 41.4 Å². The first-order chi connectivity index (χ1) is 49.1. The zero-order valence-corrected chi connectivity index (χ0v) is 75.1. The quantitative estimate of drug-likeness (QED) is 0.0538. The fourth-order valence-corrected chi connectivity index (χ4v) is 9.35. The number of carbonyl (C=O) groups excluding carboxylic acids is 5. The molecule has 2 aromatic rings. The van der Waals surface area contributed by atoms with Crippen molar-refractivity contribution in [1.82, 2.24) is 34.9 Å². The third-order valence-electron chi connectivity index (χ3n) is 16.0. The summed E-state index contributed by atoms with van der Waals surface area (Å²) in [5.41, 5.74) is 19.5. The average Bonchev–Trinajstić information content (AvgIpc) is 1.15. The third-order valence-corrected chi connectivity index (χ3v) is 16.0. The van der Waals surface area contributed by atoms with Gasteiger partial charge in [0, 0.05) is 102 Å². The SMILES string of the molecule is C.C.C.C.C.C1CCOC1.CC(C)C(CO)N(C)C(=O)OC(C)(C)C.CC(C)C(COc1ccnc(N)c1)N(C)C(=O)OC(C)(C)C.CC(C)C(N)CO.CCC(C(C)C)N(C)C(=O)OC(C)(C)C.CCC(C(C)C)N(C)C(=O)OC(C)(C)C.CCC(N)C(C)C.CCC(NC(=O)OC(C)(C)C)C(C)C.Nc1cc(=O)cc[nH]1. The van der Waals surface area contributed by atoms with E-state index >= 15 is 0 Å². The van der Waals surface area contributed by atoms with E-state index in [1.165, 1.54) is 36.1 Å². The van der Waals surface area contributed by atoms with Crippen molar-refractivity contribution in [3.8, 4) is 5.75 Å². The average molecular weight is 1630 g/mol. The second-order valence-corrected chi connectivity index (χ2v) is 34.4. The Bertz CT molecular complexity index is 2560. The number of H-pyrrole nitrogens is 1. The zero-order valence-electron chi connectivity index (χ0n) is 75.1. The number of aliphatic hydroxyl groups excluding tert-OH is 2. The number of amides is 5. The van der Waals surface area contributed by atoms with Crippen LogP contribution in [0.1, 0.15) is 304 Å². The van der Waals surface area contributed by atoms with Gasteiger partial charge in [0.1, 0.15) is 52.0 Å². The van der Waals surface area contributed by atoms with Gasteiger partial charge in [0.25, 0.3) is 0 Å². The number of nitrogens with two attached hydrogens (primary N) is 4. The third kappa shape index (κ3) is 73.1. The molecule has 0 saturated carbocycles. The summed E-state index contributed by atoms with van der Waals surface area (Å²) in [4.78, 5) is 82.2. The number of carbonyl (C=O) groups is 5. The maximum atomic E-state index is 12.2. The summed E-state index contributed by atoms with van der Waals surface area (Å²) in [6.07, 6.45) is 8.04. The van der Waals surface area contributed by atoms with Gasteiger partial charge in [-0.1, -0.05) is 162 Å². The number of aromatic amines is 1. The zero-order chi connectivity index (χ0) is 86.2. The summed E-state index contributed by atoms with van der Waals surface area (Å²) in [5, 5.41) is 20.4. The number of hydrogen-bond acceptors (Lipinski definition) is 20. The minimum atomic E-state index is -0.521. The number of nitrogens with one attached hydrogen (secondary N) is 2. The lowest BCUT2D eigenvalue weighted by Gasteiger charge is -2.32. The molecule has 1 saturated heterocycles. The number of nitrogen functional groups attached to an aromatic ring is 2. The molecule has 5 amide bonds. The van der Waals surface area contributed by atoms with E-state index in [2.05, 4.69) is 98.4 Å². The van der Waals surface area contributed by atoms with E-state index in [1.54, 1.807) is 47.1 Å². The first-order valence-corrected chi connectivity index (χ1v) is 39.0. The Balaban J connectivity index is -0.000000118. The van der Waals surface area contributed by atoms with E-state index in [0.717, 1.165) is 38.9 Å². The van der Waals surface area contributed by atoms with Crippen LogP contribution in [0.25, 0.3) is 0 Å². The number of ether oxygens (including phenoxy) is 7. The van der Waals surface area contributed by atoms with Crippen LogP contribution in [-0.4, -0.2) is 202 Å². The Hall–Kier alpha value is -6.35. The van der Waals surface area contributed by atoms with E-state index in [0.29, 0.717) is 59.6 Å². The van der Waals surface area contributed by atoms with E-state index in [1.807, 2.05) is 159 Å². The number of alkyl carbamates (subject to hydrolysis) is 1. The highest BCUT2D eigenvalue weighted by Gasteiger charge is 2.31. The molecule has 0 bridgehead atoms. The monoisotopic (exact) mass is 1620 g/mol. The second-order valence-electron chi connectivity index (χ2n) is 34.4. The van der Waals surface area contributed by atoms with Gasteiger partial charge in [0.05, 0.1) is 25.3 Å². The van der Waals surface area contributed by atoms with Gasteiger partial charge in [0.15, 0.2) is 5.43 Å². The van der Waals surface area contributed by atoms with Crippen molar-refractivity contribution in [1.29, 1.82) is 0 Å². The summed E-state index contributed by atoms with van der Waals surface area (Å²) in [6, 6.07) is 6.90. The summed E-state index contributed by atoms with van der Waals surface area (Å²) in [6.45, 7) is 67.6. The maximum absolute atomic E-state index is 12.2. The highest BCUT2D eigenvalue weighted by atomic mass is 16.6. The molecule has 0 radical (unpaired) electrons. The smallest absolute Gasteiger partial charge is 0.410 e. The molecule has 0 aliphatic carbocycles. The first-order valence-electron chi connectivity index (χ1n) is 39.0. The summed E-state index contributed by atoms with van der Waals surface area (Å²) < 4.78 is 37.1. The van der Waals surface area contributed by atoms with Gasteiger partial charge in [-0.2, -0.15) is 0 Å². The molecule has 7 unspecified atom stereocenters. The predicted molar refractivity (Wildman–Crippen MR) is 479 cm³/mol. The van der Waals surface area contributed by atoms with Crippen molar-refractivity contribution >= 4 is 42.1 Å². The molecule has 113 heavy (non-hydrogen) atoms. The molecule has 1 fully saturated rings. The second kappa shape index (κ2) is 66.8. The molecule has 3 heterocycles. The number of hydrogen-bond donors (Lipinski definition) is 8. The van der Waals surface area contributed by atoms with Crippen molar-refractivity contribution in [2.45, 2.75) is 374 Å². The Morgan fingerprint density at radius 3 is 1.02 bits per heavy atom. The Morgan fingerprint density at radius 2 is 0.814 bits per heavy atom. The summed E-state index contributed by atoms with van der Waals surface area (Å²) in [5.74, 6) is 4.24. The van der Waals surface area contributed by atoms with Crippen LogP contribution < -0.4 is 38.4 Å². The number of aliphatic hydroxyl groups is 2. The number of aromatic nitrogens is 2. The molecule has 0 spiro atoms. The van der Waals surface area contributed by atoms with Crippen molar-refractivity contribution in [3.63, 3.8) is 0 Å². The van der Waals surface area contributed by atoms with E-state index < -0.39 is 34.1 Å². The largest absolute Gasteiger partial charge is 0.491 e. The highest BCUT2D eigenvalue weighted by Crippen LogP contribution is 2.22. The minimum absolute atomic E-state index is 0. The predicted octanol–water partition coefficient (Wildman–Crippen LogP) is 19.6. The summed E-state index contributed by atoms with van der Waals surface area (Å²) in [7, 11) is 6.99. The highest BCUT2D eigenvalue weighted by molar-refractivity contribution is 5.70. The number of likely N-dealkylation sites (N-methyl/N-ethyl adjacent to an activating group) is 2. The molecule has 2 aromatic heterocycles. The standard InChI is InChI=1S/C16H27N3O3.2C12H25NO2.C11H23NO3.C11H23NO2.C6H15N.C5H6N2O.C5H13NO.C4H8O.5CH4/c1-11(2)13(19(6)15(20)22-16(3,4)5)10-21-12-7-8-18-14(17)9-12;2*1-8-10(9(2)3)13(7)11(14)15-12(4,5)6;1-8(2)9(7-13)12(6)10(14)15-11(3,4)5;1-7-9(8(2)3)12-10(13)14-11(4,5)6;1-4-6(7)5(2)3;6-5-3-4(8)1-2-7-5;1-4(2)5(6)3-7;1-2-4-5-3-1;;;;;/h7-9,11,13H,10H2,1-6H3,(H2,17,18);2*9-10H,8H2,1-7H3;8-9,13H,7H2,1-6H3;8-9H,7H2,1-6H3,(H,12,13);5-6H,4,7H2,1-3H3;1-3H,(H3,6,7,8);4-5,7H,3,6H2,1-2H3;1-4H2;5*1H4. The fraction of sp³-hybridized carbons (Fsp3) is 0.828. The minimum Gasteiger partial charge on any atom is -0.491 e. The number of pyridine rings is 2. The van der Waals surface area contributed by atoms with Crippen LogP contribution in [0.3, 0.4) is 0 Å². The molecule has 1 aliphatic rings. The fourth-order valence-electron chi connectivity index (χ4n) is 9.35. The van der Waals surface area contributed by atoms with Crippen LogP contribution in [-0.2, 0) is 28.4 Å². The maximum Gasteiger partial charge on any atom is 0.410 e. The molecular formula is C87H185N11O15. The van der Waals surface area contributed by atoms with E-state index in [4.69, 9.17) is 66.3 Å². The van der Waals surface area contributed by atoms with Gasteiger partial charge >= 0.3 is 30.5 Å². The lowest BCUT2D eigenvalue weighted by Crippen LogP contribution is -2.46. The molecule has 26 nitrogen and oxygen atoms in total. The van der Waals surface area contributed by atoms with Gasteiger partial charge in [-0.3, -0.25) is 4.79 Å². The molecule has 12 N–H and O–H groups in total. The number of rotatable bonds is 21. The van der Waals surface area contributed by atoms with Crippen molar-refractivity contribution in [2.24, 2.45) is 52.9 Å². The van der Waals surface area contributed by atoms with Crippen LogP contribution in [0.15, 0.2) is 41.5 Å². The van der Waals surface area contributed by atoms with Crippen LogP contribution in [0.2, 0.25) is 0 Å². The Labute approximate surface area is 693 Å². The molecular weight excluding hydrogens is 1440 g/mol. The Morgan fingerprint density at radius 1 is 0.478 bits per heavy atom. The normalized spacial score (nSPS) is 13.3. The van der Waals surface area contributed by atoms with E-state index in [9.17, 15) is 28.8 Å². The van der Waals surface area contributed by atoms with E-state index in [-0.39, 0.29) is 128 Å². The number of anilines is 2. The Kier molecular flexibility index (Phi) is 76.9. The van der Waals surface area contributed by atoms with Gasteiger partial charge in [-0.25, -0.2) is 29.0 Å². The van der Waals surface area contributed by atoms with Crippen LogP contribution in [0.5, 0.6) is 5.75 Å². The van der Waals surface area contributed by atoms with Crippen LogP contribution >= 0.6 is 0 Å².